The second-order valence-electron chi connectivity index (χ2n) is 3.30. The molecular formula is C11H13NO3. The van der Waals surface area contributed by atoms with E-state index >= 15 is 0 Å². The number of hydrogen-bond acceptors (Lipinski definition) is 4. The van der Waals surface area contributed by atoms with Crippen molar-refractivity contribution in [1.82, 2.24) is 0 Å². The fourth-order valence-corrected chi connectivity index (χ4v) is 1.33. The van der Waals surface area contributed by atoms with Crippen molar-refractivity contribution < 1.29 is 14.3 Å². The monoisotopic (exact) mass is 207 g/mol. The number of ketones is 1. The molecule has 80 valence electrons. The van der Waals surface area contributed by atoms with Crippen LogP contribution >= 0.6 is 0 Å². The maximum absolute atomic E-state index is 11.3. The van der Waals surface area contributed by atoms with Gasteiger partial charge in [-0.1, -0.05) is 0 Å². The highest BCUT2D eigenvalue weighted by molar-refractivity contribution is 6.02. The van der Waals surface area contributed by atoms with E-state index in [9.17, 15) is 9.59 Å². The summed E-state index contributed by atoms with van der Waals surface area (Å²) in [7, 11) is 1.29. The van der Waals surface area contributed by atoms with Crippen LogP contribution in [-0.4, -0.2) is 18.9 Å². The van der Waals surface area contributed by atoms with Crippen LogP contribution in [0.3, 0.4) is 0 Å². The van der Waals surface area contributed by atoms with Crippen LogP contribution in [0.15, 0.2) is 12.1 Å². The summed E-state index contributed by atoms with van der Waals surface area (Å²) < 4.78 is 4.57. The third-order valence-corrected chi connectivity index (χ3v) is 2.19. The molecule has 0 heterocycles. The number of benzene rings is 1. The molecule has 0 aliphatic rings. The highest BCUT2D eigenvalue weighted by Crippen LogP contribution is 2.20. The normalized spacial score (nSPS) is 9.80. The van der Waals surface area contributed by atoms with Gasteiger partial charge in [0.25, 0.3) is 0 Å². The lowest BCUT2D eigenvalue weighted by atomic mass is 10.0. The zero-order valence-electron chi connectivity index (χ0n) is 8.96. The van der Waals surface area contributed by atoms with Gasteiger partial charge in [0, 0.05) is 11.3 Å². The molecule has 4 heteroatoms. The lowest BCUT2D eigenvalue weighted by molar-refractivity contribution is 0.0600. The van der Waals surface area contributed by atoms with Gasteiger partial charge in [-0.25, -0.2) is 4.79 Å². The number of carbonyl (C=O) groups excluding carboxylic acids is 2. The number of methoxy groups -OCH3 is 1. The number of carbonyl (C=O) groups is 2. The third kappa shape index (κ3) is 2.15. The zero-order chi connectivity index (χ0) is 11.6. The van der Waals surface area contributed by atoms with Crippen LogP contribution in [0, 0.1) is 6.92 Å². The molecule has 0 bridgehead atoms. The molecule has 15 heavy (non-hydrogen) atoms. The minimum absolute atomic E-state index is 0.165. The van der Waals surface area contributed by atoms with E-state index in [2.05, 4.69) is 4.74 Å². The molecule has 2 N–H and O–H groups in total. The molecule has 0 amide bonds. The molecule has 1 aromatic rings. The van der Waals surface area contributed by atoms with E-state index in [1.54, 1.807) is 13.0 Å². The molecule has 0 aliphatic carbocycles. The van der Waals surface area contributed by atoms with E-state index in [0.29, 0.717) is 22.4 Å². The summed E-state index contributed by atoms with van der Waals surface area (Å²) in [5, 5.41) is 0. The molecule has 0 aliphatic heterocycles. The van der Waals surface area contributed by atoms with Gasteiger partial charge in [0.05, 0.1) is 12.7 Å². The maximum Gasteiger partial charge on any atom is 0.337 e. The Bertz CT molecular complexity index is 424. The molecule has 1 rings (SSSR count). The van der Waals surface area contributed by atoms with Gasteiger partial charge in [-0.3, -0.25) is 4.79 Å². The largest absolute Gasteiger partial charge is 0.465 e. The maximum atomic E-state index is 11.3. The number of aryl methyl sites for hydroxylation is 1. The number of hydrogen-bond donors (Lipinski definition) is 1. The summed E-state index contributed by atoms with van der Waals surface area (Å²) >= 11 is 0. The molecular weight excluding hydrogens is 194 g/mol. The van der Waals surface area contributed by atoms with Crippen LogP contribution in [0.5, 0.6) is 0 Å². The summed E-state index contributed by atoms with van der Waals surface area (Å²) in [6, 6.07) is 3.06. The number of rotatable bonds is 2. The molecule has 0 fully saturated rings. The van der Waals surface area contributed by atoms with Gasteiger partial charge in [-0.2, -0.15) is 0 Å². The lowest BCUT2D eigenvalue weighted by Crippen LogP contribution is -2.08. The van der Waals surface area contributed by atoms with Crippen molar-refractivity contribution in [3.8, 4) is 0 Å². The molecule has 4 nitrogen and oxygen atoms in total. The predicted molar refractivity (Wildman–Crippen MR) is 56.9 cm³/mol. The van der Waals surface area contributed by atoms with Crippen LogP contribution in [0.25, 0.3) is 0 Å². The van der Waals surface area contributed by atoms with Crippen molar-refractivity contribution >= 4 is 17.4 Å². The summed E-state index contributed by atoms with van der Waals surface area (Å²) in [6.45, 7) is 3.15. The zero-order valence-corrected chi connectivity index (χ0v) is 8.96. The Labute approximate surface area is 88.0 Å². The summed E-state index contributed by atoms with van der Waals surface area (Å²) in [5.41, 5.74) is 7.53. The van der Waals surface area contributed by atoms with Crippen LogP contribution in [0.2, 0.25) is 0 Å². The van der Waals surface area contributed by atoms with Gasteiger partial charge in [0.1, 0.15) is 0 Å². The van der Waals surface area contributed by atoms with Crippen molar-refractivity contribution in [2.75, 3.05) is 12.8 Å². The predicted octanol–water partition coefficient (Wildman–Crippen LogP) is 1.57. The van der Waals surface area contributed by atoms with Crippen molar-refractivity contribution in [3.63, 3.8) is 0 Å². The molecule has 0 spiro atoms. The number of nitrogen functional groups attached to an aromatic ring is 1. The first-order valence-corrected chi connectivity index (χ1v) is 4.46. The summed E-state index contributed by atoms with van der Waals surface area (Å²) in [4.78, 5) is 22.5. The number of ether oxygens (including phenoxy) is 1. The second-order valence-corrected chi connectivity index (χ2v) is 3.30. The van der Waals surface area contributed by atoms with E-state index < -0.39 is 5.97 Å². The average molecular weight is 207 g/mol. The molecule has 0 radical (unpaired) electrons. The first-order chi connectivity index (χ1) is 6.97. The van der Waals surface area contributed by atoms with Gasteiger partial charge in [0.2, 0.25) is 0 Å². The first kappa shape index (κ1) is 11.2. The van der Waals surface area contributed by atoms with Gasteiger partial charge in [-0.05, 0) is 31.5 Å². The molecule has 0 unspecified atom stereocenters. The quantitative estimate of drug-likeness (QED) is 0.454. The van der Waals surface area contributed by atoms with Gasteiger partial charge < -0.3 is 10.5 Å². The molecule has 0 atom stereocenters. The van der Waals surface area contributed by atoms with Crippen molar-refractivity contribution in [2.45, 2.75) is 13.8 Å². The van der Waals surface area contributed by atoms with E-state index in [1.807, 2.05) is 0 Å². The fourth-order valence-electron chi connectivity index (χ4n) is 1.33. The van der Waals surface area contributed by atoms with Crippen LogP contribution in [-0.2, 0) is 4.74 Å². The Morgan fingerprint density at radius 2 is 1.93 bits per heavy atom. The Hall–Kier alpha value is -1.84. The van der Waals surface area contributed by atoms with Gasteiger partial charge >= 0.3 is 5.97 Å². The molecule has 0 aromatic heterocycles. The SMILES string of the molecule is COC(=O)c1cc(C)c(N)c(C(C)=O)c1. The topological polar surface area (TPSA) is 69.4 Å². The fraction of sp³-hybridized carbons (Fsp3) is 0.273. The van der Waals surface area contributed by atoms with Gasteiger partial charge in [-0.15, -0.1) is 0 Å². The Morgan fingerprint density at radius 3 is 2.40 bits per heavy atom. The second kappa shape index (κ2) is 4.13. The summed E-state index contributed by atoms with van der Waals surface area (Å²) in [6.07, 6.45) is 0. The van der Waals surface area contributed by atoms with E-state index in [0.717, 1.165) is 0 Å². The molecule has 0 saturated heterocycles. The number of anilines is 1. The standard InChI is InChI=1S/C11H13NO3/c1-6-4-8(11(14)15-3)5-9(7(2)13)10(6)12/h4-5H,12H2,1-3H3. The van der Waals surface area contributed by atoms with E-state index in [1.165, 1.54) is 20.1 Å². The highest BCUT2D eigenvalue weighted by Gasteiger charge is 2.13. The Kier molecular flexibility index (Phi) is 3.09. The molecule has 0 saturated carbocycles. The average Bonchev–Trinajstić information content (AvgIpc) is 2.20. The van der Waals surface area contributed by atoms with Crippen LogP contribution in [0.4, 0.5) is 5.69 Å². The lowest BCUT2D eigenvalue weighted by Gasteiger charge is -2.08. The van der Waals surface area contributed by atoms with Crippen LogP contribution < -0.4 is 5.73 Å². The van der Waals surface area contributed by atoms with Gasteiger partial charge in [0.15, 0.2) is 5.78 Å². The van der Waals surface area contributed by atoms with E-state index in [-0.39, 0.29) is 5.78 Å². The number of nitrogens with two attached hydrogens (primary N) is 1. The van der Waals surface area contributed by atoms with E-state index in [4.69, 9.17) is 5.73 Å². The minimum atomic E-state index is -0.472. The van der Waals surface area contributed by atoms with Crippen molar-refractivity contribution in [2.24, 2.45) is 0 Å². The van der Waals surface area contributed by atoms with Crippen LogP contribution in [0.1, 0.15) is 33.2 Å². The smallest absolute Gasteiger partial charge is 0.337 e. The van der Waals surface area contributed by atoms with Crippen molar-refractivity contribution in [1.29, 1.82) is 0 Å². The third-order valence-electron chi connectivity index (χ3n) is 2.19. The minimum Gasteiger partial charge on any atom is -0.465 e. The number of esters is 1. The summed E-state index contributed by atoms with van der Waals surface area (Å²) in [5.74, 6) is -0.637. The first-order valence-electron chi connectivity index (χ1n) is 4.46. The highest BCUT2D eigenvalue weighted by atomic mass is 16.5. The molecule has 1 aromatic carbocycles. The Balaban J connectivity index is 3.35. The number of Topliss-reactive ketones (excluding diaryl/α,β-unsaturated/α-hetero) is 1. The van der Waals surface area contributed by atoms with Crippen molar-refractivity contribution in [3.05, 3.63) is 28.8 Å². The Morgan fingerprint density at radius 1 is 1.33 bits per heavy atom.